The third kappa shape index (κ3) is 4.30. The third-order valence-electron chi connectivity index (χ3n) is 4.04. The molecule has 0 aromatic carbocycles. The molecule has 2 aliphatic rings. The summed E-state index contributed by atoms with van der Waals surface area (Å²) in [6.45, 7) is 5.11. The van der Waals surface area contributed by atoms with Gasteiger partial charge in [-0.05, 0) is 31.6 Å². The van der Waals surface area contributed by atoms with E-state index in [-0.39, 0.29) is 17.7 Å². The molecule has 7 nitrogen and oxygen atoms in total. The van der Waals surface area contributed by atoms with E-state index in [2.05, 4.69) is 17.2 Å². The van der Waals surface area contributed by atoms with Gasteiger partial charge in [0.2, 0.25) is 10.0 Å². The van der Waals surface area contributed by atoms with Crippen molar-refractivity contribution in [2.75, 3.05) is 26.2 Å². The number of hydrogen-bond donors (Lipinski definition) is 2. The molecule has 0 radical (unpaired) electrons. The minimum absolute atomic E-state index is 0.169. The molecule has 2 amide bonds. The lowest BCUT2D eigenvalue weighted by Crippen LogP contribution is -2.45. The Morgan fingerprint density at radius 3 is 2.23 bits per heavy atom. The van der Waals surface area contributed by atoms with Gasteiger partial charge in [0.1, 0.15) is 0 Å². The summed E-state index contributed by atoms with van der Waals surface area (Å²) in [5.41, 5.74) is 0. The maximum absolute atomic E-state index is 12.1. The first-order chi connectivity index (χ1) is 10.4. The summed E-state index contributed by atoms with van der Waals surface area (Å²) in [6, 6.07) is 0. The first-order valence-electron chi connectivity index (χ1n) is 7.61. The van der Waals surface area contributed by atoms with Crippen molar-refractivity contribution in [3.05, 3.63) is 12.7 Å². The van der Waals surface area contributed by atoms with Gasteiger partial charge in [0.15, 0.2) is 0 Å². The molecule has 0 unspecified atom stereocenters. The molecule has 1 heterocycles. The normalized spacial score (nSPS) is 20.4. The van der Waals surface area contributed by atoms with Gasteiger partial charge in [-0.1, -0.05) is 6.08 Å². The molecule has 1 saturated carbocycles. The molecule has 1 aliphatic carbocycles. The van der Waals surface area contributed by atoms with Crippen molar-refractivity contribution < 1.29 is 18.0 Å². The first kappa shape index (κ1) is 17.0. The number of sulfonamides is 1. The van der Waals surface area contributed by atoms with Crippen molar-refractivity contribution in [2.24, 2.45) is 5.92 Å². The Morgan fingerprint density at radius 2 is 1.68 bits per heavy atom. The number of carbonyl (C=O) groups is 2. The summed E-state index contributed by atoms with van der Waals surface area (Å²) in [4.78, 5) is 22.9. The molecule has 1 aliphatic heterocycles. The zero-order valence-electron chi connectivity index (χ0n) is 12.6. The first-order valence-corrected chi connectivity index (χ1v) is 9.11. The van der Waals surface area contributed by atoms with Crippen LogP contribution in [0.2, 0.25) is 0 Å². The van der Waals surface area contributed by atoms with E-state index in [0.29, 0.717) is 32.5 Å². The predicted molar refractivity (Wildman–Crippen MR) is 82.5 cm³/mol. The van der Waals surface area contributed by atoms with E-state index in [9.17, 15) is 18.0 Å². The molecule has 8 heteroatoms. The van der Waals surface area contributed by atoms with Gasteiger partial charge in [0, 0.05) is 26.2 Å². The topological polar surface area (TPSA) is 95.6 Å². The average molecular weight is 329 g/mol. The van der Waals surface area contributed by atoms with Crippen LogP contribution in [0.4, 0.5) is 0 Å². The van der Waals surface area contributed by atoms with Crippen molar-refractivity contribution in [3.8, 4) is 0 Å². The highest BCUT2D eigenvalue weighted by atomic mass is 32.2. The molecular weight excluding hydrogens is 306 g/mol. The fourth-order valence-corrected chi connectivity index (χ4v) is 4.38. The van der Waals surface area contributed by atoms with Crippen molar-refractivity contribution in [1.82, 2.24) is 14.9 Å². The van der Waals surface area contributed by atoms with Gasteiger partial charge in [0.25, 0.3) is 0 Å². The minimum atomic E-state index is -3.09. The van der Waals surface area contributed by atoms with E-state index < -0.39 is 21.8 Å². The number of carbonyl (C=O) groups excluding carboxylic acids is 2. The molecule has 2 fully saturated rings. The molecule has 1 saturated heterocycles. The largest absolute Gasteiger partial charge is 0.348 e. The highest BCUT2D eigenvalue weighted by molar-refractivity contribution is 7.90. The van der Waals surface area contributed by atoms with E-state index in [1.807, 2.05) is 0 Å². The van der Waals surface area contributed by atoms with Gasteiger partial charge in [-0.2, -0.15) is 0 Å². The minimum Gasteiger partial charge on any atom is -0.348 e. The Labute approximate surface area is 131 Å². The van der Waals surface area contributed by atoms with Crippen LogP contribution in [0, 0.1) is 5.92 Å². The molecule has 0 bridgehead atoms. The fourth-order valence-electron chi connectivity index (χ4n) is 2.51. The fraction of sp³-hybridized carbons (Fsp3) is 0.714. The lowest BCUT2D eigenvalue weighted by Gasteiger charge is -2.31. The van der Waals surface area contributed by atoms with Crippen LogP contribution in [-0.2, 0) is 19.6 Å². The van der Waals surface area contributed by atoms with Crippen LogP contribution in [0.3, 0.4) is 0 Å². The number of hydrogen-bond acceptors (Lipinski definition) is 4. The van der Waals surface area contributed by atoms with Crippen LogP contribution in [0.1, 0.15) is 25.7 Å². The summed E-state index contributed by atoms with van der Waals surface area (Å²) >= 11 is 0. The van der Waals surface area contributed by atoms with Crippen LogP contribution in [0.25, 0.3) is 0 Å². The van der Waals surface area contributed by atoms with E-state index >= 15 is 0 Å². The number of amides is 2. The zero-order valence-corrected chi connectivity index (χ0v) is 13.4. The summed E-state index contributed by atoms with van der Waals surface area (Å²) < 4.78 is 25.8. The molecule has 0 aromatic rings. The van der Waals surface area contributed by atoms with Crippen molar-refractivity contribution >= 4 is 21.8 Å². The van der Waals surface area contributed by atoms with E-state index in [1.165, 1.54) is 6.08 Å². The Bertz CT molecular complexity index is 534. The van der Waals surface area contributed by atoms with E-state index in [4.69, 9.17) is 0 Å². The highest BCUT2D eigenvalue weighted by Crippen LogP contribution is 2.32. The van der Waals surface area contributed by atoms with Gasteiger partial charge in [0.05, 0.1) is 5.25 Å². The maximum Gasteiger partial charge on any atom is 0.309 e. The number of rotatable bonds is 6. The second-order valence-corrected chi connectivity index (χ2v) is 8.01. The molecule has 0 atom stereocenters. The smallest absolute Gasteiger partial charge is 0.309 e. The molecular formula is C14H23N3O4S. The van der Waals surface area contributed by atoms with Gasteiger partial charge >= 0.3 is 11.8 Å². The second kappa shape index (κ2) is 7.23. The Balaban J connectivity index is 1.70. The maximum atomic E-state index is 12.1. The Morgan fingerprint density at radius 1 is 1.09 bits per heavy atom. The monoisotopic (exact) mass is 329 g/mol. The van der Waals surface area contributed by atoms with Crippen molar-refractivity contribution in [3.63, 3.8) is 0 Å². The molecule has 0 aromatic heterocycles. The van der Waals surface area contributed by atoms with Crippen molar-refractivity contribution in [2.45, 2.75) is 30.9 Å². The summed E-state index contributed by atoms with van der Waals surface area (Å²) in [7, 11) is -3.09. The van der Waals surface area contributed by atoms with Crippen LogP contribution in [-0.4, -0.2) is 56.0 Å². The average Bonchev–Trinajstić information content (AvgIpc) is 3.35. The summed E-state index contributed by atoms with van der Waals surface area (Å²) in [5, 5.41) is 4.84. The van der Waals surface area contributed by atoms with Crippen LogP contribution >= 0.6 is 0 Å². The number of piperidine rings is 1. The quantitative estimate of drug-likeness (QED) is 0.512. The molecule has 2 N–H and O–H groups in total. The van der Waals surface area contributed by atoms with Crippen LogP contribution in [0.5, 0.6) is 0 Å². The summed E-state index contributed by atoms with van der Waals surface area (Å²) in [6.07, 6.45) is 4.47. The summed E-state index contributed by atoms with van der Waals surface area (Å²) in [5.74, 6) is -1.12. The number of nitrogens with zero attached hydrogens (tertiary/aromatic N) is 1. The van der Waals surface area contributed by atoms with Crippen LogP contribution in [0.15, 0.2) is 12.7 Å². The Kier molecular flexibility index (Phi) is 5.57. The lowest BCUT2D eigenvalue weighted by molar-refractivity contribution is -0.139. The molecule has 22 heavy (non-hydrogen) atoms. The Hall–Kier alpha value is -1.41. The lowest BCUT2D eigenvalue weighted by atomic mass is 9.98. The van der Waals surface area contributed by atoms with Gasteiger partial charge in [-0.25, -0.2) is 12.7 Å². The SMILES string of the molecule is C=CCNC(=O)C(=O)NCC1CCN(S(=O)(=O)C2CC2)CC1. The van der Waals surface area contributed by atoms with Crippen LogP contribution < -0.4 is 10.6 Å². The number of nitrogens with one attached hydrogen (secondary N) is 2. The standard InChI is InChI=1S/C14H23N3O4S/c1-2-7-15-13(18)14(19)16-10-11-5-8-17(9-6-11)22(20,21)12-3-4-12/h2,11-12H,1,3-10H2,(H,15,18)(H,16,19). The van der Waals surface area contributed by atoms with E-state index in [0.717, 1.165) is 12.8 Å². The molecule has 2 rings (SSSR count). The predicted octanol–water partition coefficient (Wildman–Crippen LogP) is -0.391. The second-order valence-electron chi connectivity index (χ2n) is 5.80. The van der Waals surface area contributed by atoms with Gasteiger partial charge in [-0.3, -0.25) is 9.59 Å². The van der Waals surface area contributed by atoms with Gasteiger partial charge in [-0.15, -0.1) is 6.58 Å². The highest BCUT2D eigenvalue weighted by Gasteiger charge is 2.41. The van der Waals surface area contributed by atoms with E-state index in [1.54, 1.807) is 4.31 Å². The molecule has 124 valence electrons. The van der Waals surface area contributed by atoms with Crippen molar-refractivity contribution in [1.29, 1.82) is 0 Å². The third-order valence-corrected chi connectivity index (χ3v) is 6.44. The molecule has 0 spiro atoms. The zero-order chi connectivity index (χ0) is 16.2. The van der Waals surface area contributed by atoms with Gasteiger partial charge < -0.3 is 10.6 Å².